The van der Waals surface area contributed by atoms with Crippen LogP contribution in [0.25, 0.3) is 33.0 Å². The molecule has 31 heavy (non-hydrogen) atoms. The van der Waals surface area contributed by atoms with Crippen molar-refractivity contribution in [2.24, 2.45) is 0 Å². The van der Waals surface area contributed by atoms with Crippen LogP contribution < -0.4 is 0 Å². The van der Waals surface area contributed by atoms with E-state index in [1.54, 1.807) is 0 Å². The maximum Gasteiger partial charge on any atom is 0.0726 e. The molecule has 0 fully saturated rings. The highest BCUT2D eigenvalue weighted by Gasteiger charge is 2.52. The Bertz CT molecular complexity index is 1510. The molecule has 0 nitrogen and oxygen atoms in total. The van der Waals surface area contributed by atoms with E-state index in [0.29, 0.717) is 0 Å². The number of hydrogen-bond donors (Lipinski definition) is 0. The second kappa shape index (κ2) is 6.18. The van der Waals surface area contributed by atoms with Crippen LogP contribution in [0.15, 0.2) is 106 Å². The van der Waals surface area contributed by atoms with Crippen LogP contribution in [0, 0.1) is 0 Å². The molecule has 146 valence electrons. The van der Waals surface area contributed by atoms with E-state index in [1.165, 1.54) is 55.3 Å². The summed E-state index contributed by atoms with van der Waals surface area (Å²) in [6, 6.07) is 35.9. The highest BCUT2D eigenvalue weighted by Crippen LogP contribution is 2.64. The van der Waals surface area contributed by atoms with Gasteiger partial charge in [0.1, 0.15) is 0 Å². The average Bonchev–Trinajstić information content (AvgIpc) is 3.25. The maximum atomic E-state index is 3.77. The maximum absolute atomic E-state index is 3.77. The zero-order valence-electron chi connectivity index (χ0n) is 16.5. The van der Waals surface area contributed by atoms with E-state index < -0.39 is 0 Å². The summed E-state index contributed by atoms with van der Waals surface area (Å²) in [5, 5.41) is 2.61. The molecular formula is C29H16Br2. The molecule has 0 aromatic heterocycles. The van der Waals surface area contributed by atoms with Crippen molar-refractivity contribution < 1.29 is 0 Å². The summed E-state index contributed by atoms with van der Waals surface area (Å²) in [5.41, 5.74) is 10.5. The van der Waals surface area contributed by atoms with E-state index in [0.717, 1.165) is 8.95 Å². The normalized spacial score (nSPS) is 14.4. The van der Waals surface area contributed by atoms with Gasteiger partial charge in [0.15, 0.2) is 0 Å². The number of halogens is 2. The minimum Gasteiger partial charge on any atom is -0.0619 e. The third-order valence-electron chi connectivity index (χ3n) is 6.99. The minimum atomic E-state index is -0.311. The molecule has 0 aliphatic heterocycles. The lowest BCUT2D eigenvalue weighted by Crippen LogP contribution is -2.25. The first-order chi connectivity index (χ1) is 15.2. The molecule has 0 bridgehead atoms. The standard InChI is InChI=1S/C29H16Br2/c30-18-10-12-21-22-13-11-19(31)16-27(22)29(26(21)15-18)24-8-4-3-7-23(24)28-20-6-2-1-5-17(20)9-14-25(28)29/h1-16H. The van der Waals surface area contributed by atoms with Crippen LogP contribution in [0.4, 0.5) is 0 Å². The van der Waals surface area contributed by atoms with Gasteiger partial charge in [-0.3, -0.25) is 0 Å². The molecule has 0 atom stereocenters. The van der Waals surface area contributed by atoms with Crippen molar-refractivity contribution in [1.29, 1.82) is 0 Å². The van der Waals surface area contributed by atoms with Crippen LogP contribution in [0.2, 0.25) is 0 Å². The Hall–Kier alpha value is -2.68. The molecular weight excluding hydrogens is 508 g/mol. The fraction of sp³-hybridized carbons (Fsp3) is 0.0345. The Morgan fingerprint density at radius 1 is 0.484 bits per heavy atom. The van der Waals surface area contributed by atoms with Gasteiger partial charge in [0.05, 0.1) is 5.41 Å². The molecule has 0 amide bonds. The molecule has 2 heteroatoms. The summed E-state index contributed by atoms with van der Waals surface area (Å²) in [7, 11) is 0. The lowest BCUT2D eigenvalue weighted by Gasteiger charge is -2.30. The molecule has 0 radical (unpaired) electrons. The van der Waals surface area contributed by atoms with Gasteiger partial charge in [0.2, 0.25) is 0 Å². The summed E-state index contributed by atoms with van der Waals surface area (Å²) < 4.78 is 2.23. The van der Waals surface area contributed by atoms with Crippen LogP contribution in [0.3, 0.4) is 0 Å². The Kier molecular flexibility index (Phi) is 3.58. The summed E-state index contributed by atoms with van der Waals surface area (Å²) in [6.07, 6.45) is 0. The second-order valence-electron chi connectivity index (χ2n) is 8.38. The van der Waals surface area contributed by atoms with Crippen LogP contribution in [-0.4, -0.2) is 0 Å². The van der Waals surface area contributed by atoms with Gasteiger partial charge in [-0.25, -0.2) is 0 Å². The van der Waals surface area contributed by atoms with E-state index in [2.05, 4.69) is 129 Å². The summed E-state index contributed by atoms with van der Waals surface area (Å²) >= 11 is 7.53. The SMILES string of the molecule is Brc1ccc2c(c1)C1(c3cc(Br)ccc3-2)c2ccccc2-c2c1ccc1ccccc21. The zero-order valence-corrected chi connectivity index (χ0v) is 19.7. The van der Waals surface area contributed by atoms with Gasteiger partial charge < -0.3 is 0 Å². The summed E-state index contributed by atoms with van der Waals surface area (Å²) in [6.45, 7) is 0. The molecule has 0 N–H and O–H groups in total. The van der Waals surface area contributed by atoms with Gasteiger partial charge in [-0.1, -0.05) is 105 Å². The van der Waals surface area contributed by atoms with Crippen LogP contribution in [0.1, 0.15) is 22.3 Å². The van der Waals surface area contributed by atoms with Crippen molar-refractivity contribution in [2.75, 3.05) is 0 Å². The van der Waals surface area contributed by atoms with Gasteiger partial charge in [-0.05, 0) is 79.5 Å². The van der Waals surface area contributed by atoms with Crippen molar-refractivity contribution in [3.8, 4) is 22.3 Å². The molecule has 5 aromatic rings. The Morgan fingerprint density at radius 2 is 1.13 bits per heavy atom. The van der Waals surface area contributed by atoms with E-state index >= 15 is 0 Å². The van der Waals surface area contributed by atoms with Crippen molar-refractivity contribution in [1.82, 2.24) is 0 Å². The molecule has 7 rings (SSSR count). The van der Waals surface area contributed by atoms with Gasteiger partial charge >= 0.3 is 0 Å². The minimum absolute atomic E-state index is 0.311. The molecule has 5 aromatic carbocycles. The van der Waals surface area contributed by atoms with Crippen molar-refractivity contribution in [3.05, 3.63) is 128 Å². The van der Waals surface area contributed by atoms with Crippen molar-refractivity contribution in [2.45, 2.75) is 5.41 Å². The number of fused-ring (bicyclic) bond motifs is 12. The van der Waals surface area contributed by atoms with Gasteiger partial charge in [0, 0.05) is 8.95 Å². The third-order valence-corrected chi connectivity index (χ3v) is 7.98. The topological polar surface area (TPSA) is 0 Å². The van der Waals surface area contributed by atoms with Gasteiger partial charge in [-0.2, -0.15) is 0 Å². The van der Waals surface area contributed by atoms with E-state index in [1.807, 2.05) is 0 Å². The molecule has 0 saturated carbocycles. The highest BCUT2D eigenvalue weighted by atomic mass is 79.9. The Morgan fingerprint density at radius 3 is 1.87 bits per heavy atom. The Labute approximate surface area is 197 Å². The number of rotatable bonds is 0. The monoisotopic (exact) mass is 522 g/mol. The molecule has 1 spiro atoms. The molecule has 0 unspecified atom stereocenters. The van der Waals surface area contributed by atoms with Crippen molar-refractivity contribution >= 4 is 42.6 Å². The zero-order chi connectivity index (χ0) is 20.7. The first kappa shape index (κ1) is 17.9. The average molecular weight is 524 g/mol. The van der Waals surface area contributed by atoms with E-state index in [9.17, 15) is 0 Å². The van der Waals surface area contributed by atoms with Crippen LogP contribution in [0.5, 0.6) is 0 Å². The number of benzene rings is 5. The number of hydrogen-bond acceptors (Lipinski definition) is 0. The van der Waals surface area contributed by atoms with E-state index in [-0.39, 0.29) is 5.41 Å². The third kappa shape index (κ3) is 2.15. The van der Waals surface area contributed by atoms with Gasteiger partial charge in [0.25, 0.3) is 0 Å². The molecule has 0 heterocycles. The predicted octanol–water partition coefficient (Wildman–Crippen LogP) is 8.71. The Balaban J connectivity index is 1.75. The fourth-order valence-corrected chi connectivity index (χ4v) is 6.62. The largest absolute Gasteiger partial charge is 0.0726 e. The summed E-state index contributed by atoms with van der Waals surface area (Å²) in [4.78, 5) is 0. The highest BCUT2D eigenvalue weighted by molar-refractivity contribution is 9.10. The second-order valence-corrected chi connectivity index (χ2v) is 10.2. The molecule has 0 saturated heterocycles. The molecule has 2 aliphatic carbocycles. The van der Waals surface area contributed by atoms with Crippen molar-refractivity contribution in [3.63, 3.8) is 0 Å². The van der Waals surface area contributed by atoms with E-state index in [4.69, 9.17) is 0 Å². The lowest BCUT2D eigenvalue weighted by atomic mass is 9.70. The summed E-state index contributed by atoms with van der Waals surface area (Å²) in [5.74, 6) is 0. The van der Waals surface area contributed by atoms with Crippen LogP contribution in [-0.2, 0) is 5.41 Å². The van der Waals surface area contributed by atoms with Crippen LogP contribution >= 0.6 is 31.9 Å². The smallest absolute Gasteiger partial charge is 0.0619 e. The first-order valence-electron chi connectivity index (χ1n) is 10.4. The molecule has 2 aliphatic rings. The lowest BCUT2D eigenvalue weighted by molar-refractivity contribution is 0.793. The van der Waals surface area contributed by atoms with Gasteiger partial charge in [-0.15, -0.1) is 0 Å². The predicted molar refractivity (Wildman–Crippen MR) is 136 cm³/mol. The quantitative estimate of drug-likeness (QED) is 0.186. The first-order valence-corrected chi connectivity index (χ1v) is 12.0. The fourth-order valence-electron chi connectivity index (χ4n) is 5.90.